The molecule has 0 aliphatic carbocycles. The normalized spacial score (nSPS) is 12.1. The first-order valence-corrected chi connectivity index (χ1v) is 8.34. The molecule has 1 unspecified atom stereocenters. The van der Waals surface area contributed by atoms with Gasteiger partial charge in [-0.1, -0.05) is 12.1 Å². The molecule has 3 aromatic rings. The van der Waals surface area contributed by atoms with Gasteiger partial charge in [0.1, 0.15) is 5.76 Å². The number of rotatable bonds is 4. The maximum absolute atomic E-state index is 12.7. The number of aryl methyl sites for hydroxylation is 2. The molecule has 3 rings (SSSR count). The molecule has 1 aromatic carbocycles. The summed E-state index contributed by atoms with van der Waals surface area (Å²) in [5.74, 6) is -2.08. The molecule has 0 aliphatic rings. The number of aromatic amines is 1. The van der Waals surface area contributed by atoms with Crippen LogP contribution in [0.2, 0.25) is 0 Å². The summed E-state index contributed by atoms with van der Waals surface area (Å²) >= 11 is 0. The van der Waals surface area contributed by atoms with Crippen molar-refractivity contribution in [3.05, 3.63) is 73.6 Å². The number of methoxy groups -OCH3 is 1. The van der Waals surface area contributed by atoms with Gasteiger partial charge in [-0.05, 0) is 36.9 Å². The molecule has 2 aromatic heterocycles. The zero-order valence-corrected chi connectivity index (χ0v) is 15.2. The maximum atomic E-state index is 12.7. The molecule has 0 saturated carbocycles. The Morgan fingerprint density at radius 2 is 1.96 bits per heavy atom. The van der Waals surface area contributed by atoms with E-state index in [4.69, 9.17) is 9.15 Å². The van der Waals surface area contributed by atoms with Crippen molar-refractivity contribution >= 4 is 16.9 Å². The van der Waals surface area contributed by atoms with Gasteiger partial charge in [0.05, 0.1) is 19.4 Å². The maximum Gasteiger partial charge on any atom is 0.306 e. The lowest BCUT2D eigenvalue weighted by Crippen LogP contribution is -2.21. The van der Waals surface area contributed by atoms with E-state index in [9.17, 15) is 19.5 Å². The van der Waals surface area contributed by atoms with E-state index in [-0.39, 0.29) is 23.5 Å². The highest BCUT2D eigenvalue weighted by Crippen LogP contribution is 2.32. The summed E-state index contributed by atoms with van der Waals surface area (Å²) in [5, 5.41) is 11.0. The van der Waals surface area contributed by atoms with Crippen molar-refractivity contribution < 1.29 is 19.1 Å². The Morgan fingerprint density at radius 1 is 1.22 bits per heavy atom. The number of benzene rings is 1. The Hall–Kier alpha value is -3.35. The second kappa shape index (κ2) is 7.11. The van der Waals surface area contributed by atoms with Gasteiger partial charge in [-0.15, -0.1) is 0 Å². The Labute approximate surface area is 154 Å². The molecular weight excluding hydrogens is 350 g/mol. The molecule has 2 heterocycles. The van der Waals surface area contributed by atoms with Gasteiger partial charge in [0, 0.05) is 17.1 Å². The van der Waals surface area contributed by atoms with Crippen LogP contribution in [-0.2, 0) is 9.53 Å². The summed E-state index contributed by atoms with van der Waals surface area (Å²) in [6, 6.07) is 8.33. The average molecular weight is 369 g/mol. The van der Waals surface area contributed by atoms with Crippen LogP contribution in [0.15, 0.2) is 44.3 Å². The largest absolute Gasteiger partial charge is 0.502 e. The van der Waals surface area contributed by atoms with Crippen molar-refractivity contribution in [2.24, 2.45) is 0 Å². The van der Waals surface area contributed by atoms with E-state index in [0.29, 0.717) is 5.52 Å². The fourth-order valence-corrected chi connectivity index (χ4v) is 3.05. The molecule has 7 nitrogen and oxygen atoms in total. The highest BCUT2D eigenvalue weighted by atomic mass is 16.5. The molecule has 0 spiro atoms. The highest BCUT2D eigenvalue weighted by Gasteiger charge is 2.28. The van der Waals surface area contributed by atoms with Crippen LogP contribution in [0.3, 0.4) is 0 Å². The summed E-state index contributed by atoms with van der Waals surface area (Å²) in [6.45, 7) is 3.46. The van der Waals surface area contributed by atoms with Crippen LogP contribution < -0.4 is 11.0 Å². The second-order valence-electron chi connectivity index (χ2n) is 6.41. The third-order valence-corrected chi connectivity index (χ3v) is 4.39. The van der Waals surface area contributed by atoms with Crippen molar-refractivity contribution in [3.8, 4) is 5.75 Å². The van der Waals surface area contributed by atoms with E-state index in [1.54, 1.807) is 13.0 Å². The zero-order chi connectivity index (χ0) is 19.7. The van der Waals surface area contributed by atoms with E-state index >= 15 is 0 Å². The number of H-pyrrole nitrogens is 1. The van der Waals surface area contributed by atoms with Gasteiger partial charge >= 0.3 is 5.97 Å². The van der Waals surface area contributed by atoms with Crippen LogP contribution in [0, 0.1) is 13.8 Å². The van der Waals surface area contributed by atoms with Crippen molar-refractivity contribution in [2.75, 3.05) is 7.11 Å². The molecule has 0 bridgehead atoms. The van der Waals surface area contributed by atoms with Gasteiger partial charge in [0.15, 0.2) is 5.76 Å². The lowest BCUT2D eigenvalue weighted by atomic mass is 9.92. The zero-order valence-electron chi connectivity index (χ0n) is 15.2. The minimum Gasteiger partial charge on any atom is -0.502 e. The Morgan fingerprint density at radius 3 is 2.67 bits per heavy atom. The number of hydrogen-bond acceptors (Lipinski definition) is 6. The second-order valence-corrected chi connectivity index (χ2v) is 6.41. The molecule has 0 aliphatic heterocycles. The van der Waals surface area contributed by atoms with Gasteiger partial charge in [0.25, 0.3) is 5.56 Å². The van der Waals surface area contributed by atoms with E-state index in [1.807, 2.05) is 25.1 Å². The van der Waals surface area contributed by atoms with Gasteiger partial charge in [-0.2, -0.15) is 0 Å². The van der Waals surface area contributed by atoms with Crippen molar-refractivity contribution in [1.29, 1.82) is 0 Å². The standard InChI is InChI=1S/C20H19NO6/c1-10-4-5-12-8-14(20(25)21-15(12)6-10)13(9-17(23)26-3)19-18(24)16(22)7-11(2)27-19/h4-8,13,24H,9H2,1-3H3,(H,21,25). The topological polar surface area (TPSA) is 110 Å². The fourth-order valence-electron chi connectivity index (χ4n) is 3.05. The van der Waals surface area contributed by atoms with Gasteiger partial charge in [-0.25, -0.2) is 0 Å². The Kier molecular flexibility index (Phi) is 4.85. The molecule has 0 amide bonds. The number of aromatic nitrogens is 1. The molecule has 7 heteroatoms. The quantitative estimate of drug-likeness (QED) is 0.684. The lowest BCUT2D eigenvalue weighted by molar-refractivity contribution is -0.140. The summed E-state index contributed by atoms with van der Waals surface area (Å²) < 4.78 is 10.2. The minimum atomic E-state index is -0.973. The number of nitrogens with one attached hydrogen (secondary N) is 1. The third-order valence-electron chi connectivity index (χ3n) is 4.39. The molecule has 2 N–H and O–H groups in total. The van der Waals surface area contributed by atoms with Crippen LogP contribution >= 0.6 is 0 Å². The highest BCUT2D eigenvalue weighted by molar-refractivity contribution is 5.80. The first-order chi connectivity index (χ1) is 12.8. The Balaban J connectivity index is 2.26. The van der Waals surface area contributed by atoms with Gasteiger partial charge < -0.3 is 19.2 Å². The third kappa shape index (κ3) is 3.62. The number of pyridine rings is 1. The molecule has 0 saturated heterocycles. The lowest BCUT2D eigenvalue weighted by Gasteiger charge is -2.17. The van der Waals surface area contributed by atoms with Crippen molar-refractivity contribution in [2.45, 2.75) is 26.2 Å². The minimum absolute atomic E-state index is 0.137. The summed E-state index contributed by atoms with van der Waals surface area (Å²) in [5.41, 5.74) is 0.748. The van der Waals surface area contributed by atoms with E-state index in [1.165, 1.54) is 7.11 Å². The number of esters is 1. The van der Waals surface area contributed by atoms with Crippen LogP contribution in [0.4, 0.5) is 0 Å². The van der Waals surface area contributed by atoms with E-state index in [2.05, 4.69) is 4.98 Å². The molecule has 1 atom stereocenters. The predicted molar refractivity (Wildman–Crippen MR) is 99.2 cm³/mol. The predicted octanol–water partition coefficient (Wildman–Crippen LogP) is 2.50. The number of ether oxygens (including phenoxy) is 1. The van der Waals surface area contributed by atoms with Crippen LogP contribution in [0.1, 0.15) is 35.0 Å². The van der Waals surface area contributed by atoms with Crippen molar-refractivity contribution in [3.63, 3.8) is 0 Å². The smallest absolute Gasteiger partial charge is 0.306 e. The molecule has 27 heavy (non-hydrogen) atoms. The van der Waals surface area contributed by atoms with Gasteiger partial charge in [-0.3, -0.25) is 14.4 Å². The van der Waals surface area contributed by atoms with E-state index < -0.39 is 28.6 Å². The number of aromatic hydroxyl groups is 1. The number of carbonyl (C=O) groups is 1. The molecule has 0 fully saturated rings. The van der Waals surface area contributed by atoms with Gasteiger partial charge in [0.2, 0.25) is 11.2 Å². The fraction of sp³-hybridized carbons (Fsp3) is 0.250. The molecular formula is C20H19NO6. The monoisotopic (exact) mass is 369 g/mol. The SMILES string of the molecule is COC(=O)CC(c1oc(C)cc(=O)c1O)c1cc2ccc(C)cc2[nH]c1=O. The number of fused-ring (bicyclic) bond motifs is 1. The average Bonchev–Trinajstić information content (AvgIpc) is 2.62. The summed E-state index contributed by atoms with van der Waals surface area (Å²) in [6.07, 6.45) is -0.267. The summed E-state index contributed by atoms with van der Waals surface area (Å²) in [4.78, 5) is 39.4. The van der Waals surface area contributed by atoms with E-state index in [0.717, 1.165) is 17.0 Å². The Bertz CT molecular complexity index is 1140. The van der Waals surface area contributed by atoms with Crippen LogP contribution in [0.25, 0.3) is 10.9 Å². The number of carbonyl (C=O) groups excluding carboxylic acids is 1. The van der Waals surface area contributed by atoms with Crippen molar-refractivity contribution in [1.82, 2.24) is 4.98 Å². The van der Waals surface area contributed by atoms with Crippen LogP contribution in [-0.4, -0.2) is 23.2 Å². The molecule has 0 radical (unpaired) electrons. The summed E-state index contributed by atoms with van der Waals surface area (Å²) in [7, 11) is 1.22. The molecule has 140 valence electrons. The first kappa shape index (κ1) is 18.4. The van der Waals surface area contributed by atoms with Crippen LogP contribution in [0.5, 0.6) is 5.75 Å². The first-order valence-electron chi connectivity index (χ1n) is 8.34. The number of hydrogen-bond donors (Lipinski definition) is 2.